The zero-order chi connectivity index (χ0) is 13.2. The molecule has 0 aliphatic heterocycles. The summed E-state index contributed by atoms with van der Waals surface area (Å²) in [5.74, 6) is 1.31. The van der Waals surface area contributed by atoms with Gasteiger partial charge in [-0.2, -0.15) is 0 Å². The minimum absolute atomic E-state index is 0.0662. The molecule has 0 N–H and O–H groups in total. The lowest BCUT2D eigenvalue weighted by Crippen LogP contribution is -2.04. The normalized spacial score (nSPS) is 23.4. The maximum atomic E-state index is 11.3. The van der Waals surface area contributed by atoms with E-state index in [4.69, 9.17) is 4.74 Å². The Kier molecular flexibility index (Phi) is 7.47. The summed E-state index contributed by atoms with van der Waals surface area (Å²) in [5, 5.41) is 0. The van der Waals surface area contributed by atoms with Crippen LogP contribution in [0.2, 0.25) is 0 Å². The third-order valence-corrected chi connectivity index (χ3v) is 3.53. The fourth-order valence-corrected chi connectivity index (χ4v) is 2.33. The van der Waals surface area contributed by atoms with Gasteiger partial charge in [0.2, 0.25) is 0 Å². The van der Waals surface area contributed by atoms with Crippen molar-refractivity contribution in [2.24, 2.45) is 11.8 Å². The van der Waals surface area contributed by atoms with E-state index in [-0.39, 0.29) is 5.97 Å². The van der Waals surface area contributed by atoms with Crippen LogP contribution in [0, 0.1) is 11.8 Å². The fourth-order valence-electron chi connectivity index (χ4n) is 2.33. The largest absolute Gasteiger partial charge is 0.466 e. The highest BCUT2D eigenvalue weighted by atomic mass is 16.5. The van der Waals surface area contributed by atoms with E-state index < -0.39 is 0 Å². The molecule has 0 saturated heterocycles. The van der Waals surface area contributed by atoms with Crippen LogP contribution >= 0.6 is 0 Å². The third-order valence-electron chi connectivity index (χ3n) is 3.53. The monoisotopic (exact) mass is 250 g/mol. The van der Waals surface area contributed by atoms with Gasteiger partial charge in [-0.1, -0.05) is 31.6 Å². The molecule has 0 aromatic rings. The van der Waals surface area contributed by atoms with Crippen molar-refractivity contribution < 1.29 is 9.53 Å². The van der Waals surface area contributed by atoms with Crippen molar-refractivity contribution in [1.29, 1.82) is 0 Å². The van der Waals surface area contributed by atoms with Gasteiger partial charge < -0.3 is 4.74 Å². The Morgan fingerprint density at radius 2 is 2.17 bits per heavy atom. The van der Waals surface area contributed by atoms with Crippen LogP contribution in [0.25, 0.3) is 0 Å². The van der Waals surface area contributed by atoms with E-state index in [9.17, 15) is 4.79 Å². The van der Waals surface area contributed by atoms with Crippen molar-refractivity contribution in [3.8, 4) is 0 Å². The second-order valence-corrected chi connectivity index (χ2v) is 5.11. The van der Waals surface area contributed by atoms with Crippen molar-refractivity contribution in [3.05, 3.63) is 24.8 Å². The van der Waals surface area contributed by atoms with Crippen LogP contribution in [-0.2, 0) is 9.53 Å². The average Bonchev–Trinajstić information content (AvgIpc) is 2.83. The number of hydrogen-bond donors (Lipinski definition) is 0. The molecule has 18 heavy (non-hydrogen) atoms. The van der Waals surface area contributed by atoms with Crippen LogP contribution in [0.15, 0.2) is 24.8 Å². The van der Waals surface area contributed by atoms with Gasteiger partial charge in [0.15, 0.2) is 0 Å². The molecule has 2 heteroatoms. The first-order valence-electron chi connectivity index (χ1n) is 7.21. The van der Waals surface area contributed by atoms with Gasteiger partial charge >= 0.3 is 5.97 Å². The molecule has 102 valence electrons. The summed E-state index contributed by atoms with van der Waals surface area (Å²) in [7, 11) is 0. The number of carbonyl (C=O) groups is 1. The molecule has 0 aromatic carbocycles. The first-order valence-corrected chi connectivity index (χ1v) is 7.21. The van der Waals surface area contributed by atoms with Crippen molar-refractivity contribution in [2.75, 3.05) is 6.61 Å². The zero-order valence-corrected chi connectivity index (χ0v) is 11.6. The minimum Gasteiger partial charge on any atom is -0.466 e. The van der Waals surface area contributed by atoms with Crippen LogP contribution in [-0.4, -0.2) is 12.6 Å². The van der Waals surface area contributed by atoms with Crippen molar-refractivity contribution in [2.45, 2.75) is 51.9 Å². The first kappa shape index (κ1) is 15.0. The summed E-state index contributed by atoms with van der Waals surface area (Å²) in [5.41, 5.74) is 0. The smallest absolute Gasteiger partial charge is 0.306 e. The Bertz CT molecular complexity index is 281. The molecule has 0 radical (unpaired) electrons. The van der Waals surface area contributed by atoms with Gasteiger partial charge in [-0.25, -0.2) is 0 Å². The number of hydrogen-bond acceptors (Lipinski definition) is 2. The summed E-state index contributed by atoms with van der Waals surface area (Å²) in [6.07, 6.45) is 13.6. The summed E-state index contributed by atoms with van der Waals surface area (Å²) in [6.45, 7) is 6.51. The van der Waals surface area contributed by atoms with Gasteiger partial charge in [0, 0.05) is 6.42 Å². The van der Waals surface area contributed by atoms with Crippen molar-refractivity contribution in [3.63, 3.8) is 0 Å². The fraction of sp³-hybridized carbons (Fsp3) is 0.688. The summed E-state index contributed by atoms with van der Waals surface area (Å²) < 4.78 is 5.10. The molecule has 2 unspecified atom stereocenters. The second-order valence-electron chi connectivity index (χ2n) is 5.11. The van der Waals surface area contributed by atoms with E-state index >= 15 is 0 Å². The molecule has 1 saturated carbocycles. The molecule has 0 spiro atoms. The Morgan fingerprint density at radius 1 is 1.39 bits per heavy atom. The molecular formula is C16H26O2. The first-order chi connectivity index (χ1) is 8.76. The molecule has 0 heterocycles. The quantitative estimate of drug-likeness (QED) is 0.365. The number of rotatable bonds is 8. The number of carbonyl (C=O) groups excluding carboxylic acids is 1. The van der Waals surface area contributed by atoms with Gasteiger partial charge in [0.1, 0.15) is 0 Å². The van der Waals surface area contributed by atoms with Crippen LogP contribution in [0.3, 0.4) is 0 Å². The maximum Gasteiger partial charge on any atom is 0.306 e. The number of allylic oxidation sites excluding steroid dienone is 3. The Morgan fingerprint density at radius 3 is 2.83 bits per heavy atom. The van der Waals surface area contributed by atoms with Crippen molar-refractivity contribution in [1.82, 2.24) is 0 Å². The van der Waals surface area contributed by atoms with Gasteiger partial charge in [0.05, 0.1) is 6.61 Å². The Balaban J connectivity index is 2.06. The zero-order valence-electron chi connectivity index (χ0n) is 11.6. The van der Waals surface area contributed by atoms with Crippen LogP contribution < -0.4 is 0 Å². The molecular weight excluding hydrogens is 224 g/mol. The van der Waals surface area contributed by atoms with E-state index in [1.807, 2.05) is 0 Å². The van der Waals surface area contributed by atoms with E-state index in [1.54, 1.807) is 0 Å². The highest BCUT2D eigenvalue weighted by molar-refractivity contribution is 5.69. The van der Waals surface area contributed by atoms with Gasteiger partial charge in [-0.15, -0.1) is 6.58 Å². The maximum absolute atomic E-state index is 11.3. The van der Waals surface area contributed by atoms with Crippen LogP contribution in [0.4, 0.5) is 0 Å². The predicted octanol–water partition coefficient (Wildman–Crippen LogP) is 4.27. The second kappa shape index (κ2) is 8.96. The molecule has 0 bridgehead atoms. The van der Waals surface area contributed by atoms with Crippen molar-refractivity contribution >= 4 is 5.97 Å². The molecule has 2 nitrogen and oxygen atoms in total. The third kappa shape index (κ3) is 6.04. The molecule has 1 aliphatic carbocycles. The lowest BCUT2D eigenvalue weighted by molar-refractivity contribution is -0.143. The molecule has 0 aromatic heterocycles. The van der Waals surface area contributed by atoms with Crippen LogP contribution in [0.1, 0.15) is 51.9 Å². The standard InChI is InChI=1S/C16H26O2/c1-3-5-12-18-16(17)9-7-6-8-15-11-10-14(4-2)13-15/h4,6,8,14-15H,2-3,5,7,9-13H2,1H3/b8-6+. The highest BCUT2D eigenvalue weighted by Crippen LogP contribution is 2.32. The lowest BCUT2D eigenvalue weighted by Gasteiger charge is -2.03. The molecule has 1 fully saturated rings. The van der Waals surface area contributed by atoms with E-state index in [1.165, 1.54) is 19.3 Å². The Hall–Kier alpha value is -1.05. The van der Waals surface area contributed by atoms with Crippen LogP contribution in [0.5, 0.6) is 0 Å². The van der Waals surface area contributed by atoms with Gasteiger partial charge in [0.25, 0.3) is 0 Å². The van der Waals surface area contributed by atoms with Gasteiger partial charge in [-0.3, -0.25) is 4.79 Å². The SMILES string of the molecule is C=CC1CCC(/C=C/CCC(=O)OCCCC)C1. The molecule has 1 aliphatic rings. The van der Waals surface area contributed by atoms with E-state index in [0.29, 0.717) is 24.9 Å². The number of ether oxygens (including phenoxy) is 1. The topological polar surface area (TPSA) is 26.3 Å². The highest BCUT2D eigenvalue weighted by Gasteiger charge is 2.19. The van der Waals surface area contributed by atoms with E-state index in [0.717, 1.165) is 19.3 Å². The Labute approximate surface area is 111 Å². The molecule has 0 amide bonds. The van der Waals surface area contributed by atoms with Gasteiger partial charge in [-0.05, 0) is 43.9 Å². The number of esters is 1. The lowest BCUT2D eigenvalue weighted by atomic mass is 10.0. The predicted molar refractivity (Wildman–Crippen MR) is 75.3 cm³/mol. The molecule has 1 rings (SSSR count). The molecule has 2 atom stereocenters. The summed E-state index contributed by atoms with van der Waals surface area (Å²) in [4.78, 5) is 11.3. The van der Waals surface area contributed by atoms with E-state index in [2.05, 4.69) is 31.7 Å². The number of unbranched alkanes of at least 4 members (excludes halogenated alkanes) is 1. The minimum atomic E-state index is -0.0662. The average molecular weight is 250 g/mol. The summed E-state index contributed by atoms with van der Waals surface area (Å²) >= 11 is 0. The summed E-state index contributed by atoms with van der Waals surface area (Å²) in [6, 6.07) is 0.